The maximum absolute atomic E-state index is 12.8. The third kappa shape index (κ3) is 5.55. The molecule has 7 nitrogen and oxygen atoms in total. The summed E-state index contributed by atoms with van der Waals surface area (Å²) in [5, 5.41) is 31.7. The number of halogens is 1. The summed E-state index contributed by atoms with van der Waals surface area (Å²) < 4.78 is 0. The van der Waals surface area contributed by atoms with Crippen molar-refractivity contribution in [2.75, 3.05) is 22.6 Å². The molecule has 0 fully saturated rings. The lowest BCUT2D eigenvalue weighted by Gasteiger charge is -2.27. The van der Waals surface area contributed by atoms with Crippen LogP contribution in [-0.2, 0) is 9.59 Å². The molecule has 8 heteroatoms. The summed E-state index contributed by atoms with van der Waals surface area (Å²) in [5.41, 5.74) is 3.07. The number of carbonyl (C=O) groups is 2. The third-order valence-corrected chi connectivity index (χ3v) is 4.49. The van der Waals surface area contributed by atoms with Crippen LogP contribution < -0.4 is 10.2 Å². The van der Waals surface area contributed by atoms with Crippen molar-refractivity contribution in [2.24, 2.45) is 0 Å². The second kappa shape index (κ2) is 10.0. The molecule has 0 aliphatic carbocycles. The highest BCUT2D eigenvalue weighted by molar-refractivity contribution is 6.18. The van der Waals surface area contributed by atoms with Gasteiger partial charge in [-0.1, -0.05) is 17.7 Å². The van der Waals surface area contributed by atoms with E-state index in [-0.39, 0.29) is 12.4 Å². The normalized spacial score (nSPS) is 12.6. The van der Waals surface area contributed by atoms with Gasteiger partial charge in [-0.05, 0) is 49.7 Å². The Labute approximate surface area is 174 Å². The van der Waals surface area contributed by atoms with Gasteiger partial charge in [-0.25, -0.2) is 0 Å². The molecule has 0 saturated carbocycles. The number of nitrogens with one attached hydrogen (secondary N) is 1. The van der Waals surface area contributed by atoms with Gasteiger partial charge in [-0.15, -0.1) is 11.6 Å². The lowest BCUT2D eigenvalue weighted by molar-refractivity contribution is -0.141. The van der Waals surface area contributed by atoms with E-state index in [4.69, 9.17) is 16.9 Å². The first-order chi connectivity index (χ1) is 13.8. The minimum atomic E-state index is -1.98. The quantitative estimate of drug-likeness (QED) is 0.599. The lowest BCUT2D eigenvalue weighted by atomic mass is 10.1. The van der Waals surface area contributed by atoms with Crippen LogP contribution in [0, 0.1) is 25.2 Å². The molecule has 0 bridgehead atoms. The summed E-state index contributed by atoms with van der Waals surface area (Å²) in [4.78, 5) is 26.3. The highest BCUT2D eigenvalue weighted by Crippen LogP contribution is 2.23. The number of nitriles is 1. The number of anilines is 2. The Morgan fingerprint density at radius 3 is 2.34 bits per heavy atom. The molecule has 0 unspecified atom stereocenters. The third-order valence-electron chi connectivity index (χ3n) is 4.32. The zero-order valence-corrected chi connectivity index (χ0v) is 16.8. The smallest absolute Gasteiger partial charge is 0.259 e. The predicted octanol–water partition coefficient (Wildman–Crippen LogP) is 2.11. The number of hydrogen-bond donors (Lipinski definition) is 3. The van der Waals surface area contributed by atoms with E-state index in [1.807, 2.05) is 32.0 Å². The Bertz CT molecular complexity index is 925. The molecular weight excluding hydrogens is 394 g/mol. The summed E-state index contributed by atoms with van der Waals surface area (Å²) in [7, 11) is 0. The van der Waals surface area contributed by atoms with Crippen LogP contribution in [0.5, 0.6) is 0 Å². The molecule has 0 saturated heterocycles. The maximum atomic E-state index is 12.8. The molecule has 0 heterocycles. The Morgan fingerprint density at radius 1 is 1.14 bits per heavy atom. The fourth-order valence-electron chi connectivity index (χ4n) is 2.82. The molecule has 0 spiro atoms. The predicted molar refractivity (Wildman–Crippen MR) is 111 cm³/mol. The van der Waals surface area contributed by atoms with Crippen LogP contribution in [0.1, 0.15) is 16.7 Å². The van der Waals surface area contributed by atoms with E-state index >= 15 is 0 Å². The van der Waals surface area contributed by atoms with Gasteiger partial charge in [0.25, 0.3) is 11.8 Å². The molecule has 2 amide bonds. The van der Waals surface area contributed by atoms with E-state index in [9.17, 15) is 19.8 Å². The molecule has 0 radical (unpaired) electrons. The van der Waals surface area contributed by atoms with E-state index in [1.165, 1.54) is 29.2 Å². The fourth-order valence-corrected chi connectivity index (χ4v) is 2.99. The number of nitrogens with zero attached hydrogens (tertiary/aromatic N) is 2. The van der Waals surface area contributed by atoms with Crippen molar-refractivity contribution in [3.63, 3.8) is 0 Å². The first-order valence-corrected chi connectivity index (χ1v) is 9.43. The van der Waals surface area contributed by atoms with Crippen molar-refractivity contribution >= 4 is 34.8 Å². The Kier molecular flexibility index (Phi) is 7.74. The number of amides is 2. The lowest BCUT2D eigenvalue weighted by Crippen LogP contribution is -2.50. The van der Waals surface area contributed by atoms with E-state index in [2.05, 4.69) is 5.32 Å². The monoisotopic (exact) mass is 415 g/mol. The standard InChI is InChI=1S/C21H22ClN3O4/c1-13-3-8-17(14(2)11-13)25(10-9-22)21(29)19(27)18(26)20(28)24-16-6-4-15(12-23)5-7-16/h3-8,11,18-19,26-27H,9-10H2,1-2H3,(H,24,28)/t18-,19-/m1/s1. The number of hydrogen-bond acceptors (Lipinski definition) is 5. The molecule has 3 N–H and O–H groups in total. The van der Waals surface area contributed by atoms with Gasteiger partial charge in [0, 0.05) is 23.8 Å². The van der Waals surface area contributed by atoms with Gasteiger partial charge in [0.15, 0.2) is 12.2 Å². The first kappa shape index (κ1) is 22.4. The Balaban J connectivity index is 2.15. The summed E-state index contributed by atoms with van der Waals surface area (Å²) in [6.45, 7) is 3.83. The van der Waals surface area contributed by atoms with Gasteiger partial charge in [0.2, 0.25) is 0 Å². The minimum absolute atomic E-state index is 0.102. The average Bonchev–Trinajstić information content (AvgIpc) is 2.71. The molecule has 2 rings (SSSR count). The largest absolute Gasteiger partial charge is 0.380 e. The number of aryl methyl sites for hydroxylation is 2. The fraction of sp³-hybridized carbons (Fsp3) is 0.286. The summed E-state index contributed by atoms with van der Waals surface area (Å²) in [5.74, 6) is -1.67. The van der Waals surface area contributed by atoms with Gasteiger partial charge in [-0.2, -0.15) is 5.26 Å². The molecule has 29 heavy (non-hydrogen) atoms. The zero-order chi connectivity index (χ0) is 21.6. The molecular formula is C21H22ClN3O4. The number of benzene rings is 2. The highest BCUT2D eigenvalue weighted by Gasteiger charge is 2.34. The number of rotatable bonds is 7. The number of alkyl halides is 1. The van der Waals surface area contributed by atoms with Crippen LogP contribution in [0.25, 0.3) is 0 Å². The van der Waals surface area contributed by atoms with Gasteiger partial charge >= 0.3 is 0 Å². The second-order valence-corrected chi connectivity index (χ2v) is 6.91. The van der Waals surface area contributed by atoms with Crippen LogP contribution in [0.3, 0.4) is 0 Å². The van der Waals surface area contributed by atoms with Crippen LogP contribution >= 0.6 is 11.6 Å². The van der Waals surface area contributed by atoms with E-state index < -0.39 is 24.0 Å². The molecule has 0 aliphatic rings. The number of carbonyl (C=O) groups excluding carboxylic acids is 2. The molecule has 0 aromatic heterocycles. The SMILES string of the molecule is Cc1ccc(N(CCCl)C(=O)[C@H](O)[C@@H](O)C(=O)Nc2ccc(C#N)cc2)c(C)c1. The highest BCUT2D eigenvalue weighted by atomic mass is 35.5. The van der Waals surface area contributed by atoms with Gasteiger partial charge in [-0.3, -0.25) is 9.59 Å². The van der Waals surface area contributed by atoms with Crippen LogP contribution in [0.15, 0.2) is 42.5 Å². The van der Waals surface area contributed by atoms with Gasteiger partial charge < -0.3 is 20.4 Å². The number of aliphatic hydroxyl groups is 2. The molecule has 2 aromatic rings. The topological polar surface area (TPSA) is 114 Å². The van der Waals surface area contributed by atoms with Crippen molar-refractivity contribution < 1.29 is 19.8 Å². The Morgan fingerprint density at radius 2 is 1.79 bits per heavy atom. The minimum Gasteiger partial charge on any atom is -0.380 e. The zero-order valence-electron chi connectivity index (χ0n) is 16.1. The summed E-state index contributed by atoms with van der Waals surface area (Å²) in [6, 6.07) is 13.3. The Hall–Kier alpha value is -2.92. The number of aliphatic hydroxyl groups excluding tert-OH is 2. The van der Waals surface area contributed by atoms with E-state index in [1.54, 1.807) is 6.07 Å². The maximum Gasteiger partial charge on any atom is 0.259 e. The summed E-state index contributed by atoms with van der Waals surface area (Å²) >= 11 is 5.81. The van der Waals surface area contributed by atoms with Crippen molar-refractivity contribution in [1.82, 2.24) is 0 Å². The van der Waals surface area contributed by atoms with E-state index in [0.29, 0.717) is 16.9 Å². The van der Waals surface area contributed by atoms with Crippen molar-refractivity contribution in [3.8, 4) is 6.07 Å². The second-order valence-electron chi connectivity index (χ2n) is 6.54. The molecule has 2 aromatic carbocycles. The van der Waals surface area contributed by atoms with Gasteiger partial charge in [0.1, 0.15) is 0 Å². The van der Waals surface area contributed by atoms with Crippen LogP contribution in [0.4, 0.5) is 11.4 Å². The average molecular weight is 416 g/mol. The molecule has 0 aliphatic heterocycles. The van der Waals surface area contributed by atoms with Crippen molar-refractivity contribution in [2.45, 2.75) is 26.1 Å². The first-order valence-electron chi connectivity index (χ1n) is 8.90. The van der Waals surface area contributed by atoms with Crippen molar-refractivity contribution in [1.29, 1.82) is 5.26 Å². The van der Waals surface area contributed by atoms with Crippen molar-refractivity contribution in [3.05, 3.63) is 59.2 Å². The van der Waals surface area contributed by atoms with Gasteiger partial charge in [0.05, 0.1) is 11.6 Å². The van der Waals surface area contributed by atoms with Crippen LogP contribution in [0.2, 0.25) is 0 Å². The molecule has 152 valence electrons. The molecule has 2 atom stereocenters. The summed E-state index contributed by atoms with van der Waals surface area (Å²) in [6.07, 6.45) is -3.96. The van der Waals surface area contributed by atoms with Crippen LogP contribution in [-0.4, -0.2) is 46.7 Å². The van der Waals surface area contributed by atoms with E-state index in [0.717, 1.165) is 11.1 Å².